The van der Waals surface area contributed by atoms with Gasteiger partial charge >= 0.3 is 6.18 Å². The average molecular weight is 266 g/mol. The summed E-state index contributed by atoms with van der Waals surface area (Å²) in [4.78, 5) is 22.4. The van der Waals surface area contributed by atoms with Crippen LogP contribution >= 0.6 is 0 Å². The Morgan fingerprint density at radius 1 is 0.947 bits per heavy atom. The topological polar surface area (TPSA) is 34.1 Å². The summed E-state index contributed by atoms with van der Waals surface area (Å²) in [5, 5.41) is 1.62. The Hall–Kier alpha value is -2.17. The van der Waals surface area contributed by atoms with Crippen LogP contribution in [0.15, 0.2) is 42.5 Å². The molecule has 5 heteroatoms. The van der Waals surface area contributed by atoms with Crippen molar-refractivity contribution in [1.29, 1.82) is 0 Å². The molecule has 19 heavy (non-hydrogen) atoms. The largest absolute Gasteiger partial charge is 0.450 e. The predicted octanol–water partition coefficient (Wildman–Crippen LogP) is 3.54. The van der Waals surface area contributed by atoms with Crippen molar-refractivity contribution in [3.63, 3.8) is 0 Å². The number of carbonyl (C=O) groups excluding carboxylic acids is 2. The number of alkyl halides is 3. The molecule has 0 amide bonds. The minimum atomic E-state index is -4.97. The van der Waals surface area contributed by atoms with Crippen LogP contribution < -0.4 is 0 Å². The summed E-state index contributed by atoms with van der Waals surface area (Å²) in [5.74, 6) is -2.85. The fourth-order valence-electron chi connectivity index (χ4n) is 1.71. The van der Waals surface area contributed by atoms with Gasteiger partial charge in [-0.2, -0.15) is 13.2 Å². The van der Waals surface area contributed by atoms with E-state index in [0.717, 1.165) is 10.8 Å². The second kappa shape index (κ2) is 4.84. The minimum absolute atomic E-state index is 0.108. The lowest BCUT2D eigenvalue weighted by Gasteiger charge is -2.05. The first-order valence-electron chi connectivity index (χ1n) is 5.50. The molecule has 2 nitrogen and oxygen atoms in total. The molecule has 0 unspecified atom stereocenters. The van der Waals surface area contributed by atoms with Gasteiger partial charge in [0.05, 0.1) is 6.42 Å². The van der Waals surface area contributed by atoms with Crippen LogP contribution in [0.2, 0.25) is 0 Å². The fraction of sp³-hybridized carbons (Fsp3) is 0.143. The number of Topliss-reactive ketones (excluding diaryl/α,β-unsaturated/α-hetero) is 2. The summed E-state index contributed by atoms with van der Waals surface area (Å²) in [6, 6.07) is 11.7. The van der Waals surface area contributed by atoms with Gasteiger partial charge in [0.15, 0.2) is 5.78 Å². The molecule has 0 aliphatic carbocycles. The zero-order chi connectivity index (χ0) is 14.0. The molecule has 2 rings (SSSR count). The van der Waals surface area contributed by atoms with Gasteiger partial charge in [-0.3, -0.25) is 9.59 Å². The summed E-state index contributed by atoms with van der Waals surface area (Å²) >= 11 is 0. The molecule has 0 atom stereocenters. The van der Waals surface area contributed by atoms with E-state index in [4.69, 9.17) is 0 Å². The van der Waals surface area contributed by atoms with Gasteiger partial charge in [-0.05, 0) is 16.8 Å². The van der Waals surface area contributed by atoms with Crippen LogP contribution in [-0.2, 0) is 4.79 Å². The molecular weight excluding hydrogens is 257 g/mol. The van der Waals surface area contributed by atoms with Crippen molar-refractivity contribution in [2.24, 2.45) is 0 Å². The maximum atomic E-state index is 12.1. The van der Waals surface area contributed by atoms with E-state index < -0.39 is 24.2 Å². The van der Waals surface area contributed by atoms with Gasteiger partial charge in [-0.25, -0.2) is 0 Å². The molecule has 0 N–H and O–H groups in total. The van der Waals surface area contributed by atoms with Gasteiger partial charge < -0.3 is 0 Å². The van der Waals surface area contributed by atoms with E-state index in [1.807, 2.05) is 12.1 Å². The number of hydrogen-bond donors (Lipinski definition) is 0. The maximum Gasteiger partial charge on any atom is 0.450 e. The molecular formula is C14H9F3O2. The third-order valence-corrected chi connectivity index (χ3v) is 2.71. The van der Waals surface area contributed by atoms with Crippen molar-refractivity contribution in [2.75, 3.05) is 0 Å². The summed E-state index contributed by atoms with van der Waals surface area (Å²) < 4.78 is 36.2. The molecule has 0 fully saturated rings. The summed E-state index contributed by atoms with van der Waals surface area (Å²) in [6.45, 7) is 0. The van der Waals surface area contributed by atoms with Crippen molar-refractivity contribution in [2.45, 2.75) is 12.6 Å². The Kier molecular flexibility index (Phi) is 3.38. The third-order valence-electron chi connectivity index (χ3n) is 2.71. The lowest BCUT2D eigenvalue weighted by molar-refractivity contribution is -0.170. The normalized spacial score (nSPS) is 11.5. The molecule has 0 saturated heterocycles. The molecule has 0 saturated carbocycles. The number of benzene rings is 2. The van der Waals surface area contributed by atoms with Crippen LogP contribution in [-0.4, -0.2) is 17.7 Å². The Bertz CT molecular complexity index is 644. The van der Waals surface area contributed by atoms with Gasteiger partial charge in [0.2, 0.25) is 5.78 Å². The molecule has 0 aliphatic rings. The van der Waals surface area contributed by atoms with E-state index in [2.05, 4.69) is 0 Å². The Labute approximate surface area is 106 Å². The number of hydrogen-bond acceptors (Lipinski definition) is 2. The zero-order valence-corrected chi connectivity index (χ0v) is 9.70. The zero-order valence-electron chi connectivity index (χ0n) is 9.70. The van der Waals surface area contributed by atoms with E-state index in [1.165, 1.54) is 12.1 Å². The van der Waals surface area contributed by atoms with Crippen LogP contribution in [0.5, 0.6) is 0 Å². The van der Waals surface area contributed by atoms with Gasteiger partial charge in [-0.1, -0.05) is 36.4 Å². The molecule has 0 spiro atoms. The third kappa shape index (κ3) is 2.99. The molecule has 98 valence electrons. The van der Waals surface area contributed by atoms with Crippen molar-refractivity contribution >= 4 is 22.3 Å². The summed E-state index contributed by atoms with van der Waals surface area (Å²) in [6.07, 6.45) is -6.12. The monoisotopic (exact) mass is 266 g/mol. The fourth-order valence-corrected chi connectivity index (χ4v) is 1.71. The number of rotatable bonds is 3. The average Bonchev–Trinajstić information content (AvgIpc) is 2.37. The van der Waals surface area contributed by atoms with Gasteiger partial charge in [0.1, 0.15) is 0 Å². The highest BCUT2D eigenvalue weighted by molar-refractivity contribution is 6.10. The van der Waals surface area contributed by atoms with E-state index >= 15 is 0 Å². The maximum absolute atomic E-state index is 12.1. The summed E-state index contributed by atoms with van der Waals surface area (Å²) in [5.41, 5.74) is 0.108. The lowest BCUT2D eigenvalue weighted by Crippen LogP contribution is -2.25. The van der Waals surface area contributed by atoms with E-state index in [-0.39, 0.29) is 5.56 Å². The van der Waals surface area contributed by atoms with Gasteiger partial charge in [0.25, 0.3) is 0 Å². The lowest BCUT2D eigenvalue weighted by atomic mass is 10.0. The van der Waals surface area contributed by atoms with Crippen LogP contribution in [0.4, 0.5) is 13.2 Å². The minimum Gasteiger partial charge on any atom is -0.294 e. The molecule has 0 heterocycles. The SMILES string of the molecule is O=C(CC(=O)C(F)(F)F)c1ccc2ccccc2c1. The second-order valence-corrected chi connectivity index (χ2v) is 4.08. The molecule has 0 bridgehead atoms. The predicted molar refractivity (Wildman–Crippen MR) is 64.0 cm³/mol. The number of carbonyl (C=O) groups is 2. The van der Waals surface area contributed by atoms with Crippen LogP contribution in [0, 0.1) is 0 Å². The highest BCUT2D eigenvalue weighted by atomic mass is 19.4. The molecule has 0 aliphatic heterocycles. The Morgan fingerprint density at radius 2 is 1.58 bits per heavy atom. The van der Waals surface area contributed by atoms with E-state index in [1.54, 1.807) is 18.2 Å². The highest BCUT2D eigenvalue weighted by Crippen LogP contribution is 2.21. The number of fused-ring (bicyclic) bond motifs is 1. The molecule has 2 aromatic rings. The molecule has 0 radical (unpaired) electrons. The van der Waals surface area contributed by atoms with Gasteiger partial charge in [0, 0.05) is 5.56 Å². The van der Waals surface area contributed by atoms with Crippen LogP contribution in [0.1, 0.15) is 16.8 Å². The molecule has 2 aromatic carbocycles. The Balaban J connectivity index is 2.25. The standard InChI is InChI=1S/C14H9F3O2/c15-14(16,17)13(19)8-12(18)11-6-5-9-3-1-2-4-10(9)7-11/h1-7H,8H2. The number of halogens is 3. The van der Waals surface area contributed by atoms with Crippen molar-refractivity contribution in [1.82, 2.24) is 0 Å². The molecule has 0 aromatic heterocycles. The first kappa shape index (κ1) is 13.3. The van der Waals surface area contributed by atoms with Crippen molar-refractivity contribution < 1.29 is 22.8 Å². The first-order valence-corrected chi connectivity index (χ1v) is 5.50. The first-order chi connectivity index (χ1) is 8.88. The van der Waals surface area contributed by atoms with E-state index in [9.17, 15) is 22.8 Å². The van der Waals surface area contributed by atoms with Crippen LogP contribution in [0.25, 0.3) is 10.8 Å². The smallest absolute Gasteiger partial charge is 0.294 e. The van der Waals surface area contributed by atoms with Gasteiger partial charge in [-0.15, -0.1) is 0 Å². The van der Waals surface area contributed by atoms with Crippen molar-refractivity contribution in [3.05, 3.63) is 48.0 Å². The Morgan fingerprint density at radius 3 is 2.21 bits per heavy atom. The quantitative estimate of drug-likeness (QED) is 0.629. The van der Waals surface area contributed by atoms with Crippen LogP contribution in [0.3, 0.4) is 0 Å². The van der Waals surface area contributed by atoms with E-state index in [0.29, 0.717) is 0 Å². The summed E-state index contributed by atoms with van der Waals surface area (Å²) in [7, 11) is 0. The number of ketones is 2. The highest BCUT2D eigenvalue weighted by Gasteiger charge is 2.39. The van der Waals surface area contributed by atoms with Crippen molar-refractivity contribution in [3.8, 4) is 0 Å². The second-order valence-electron chi connectivity index (χ2n) is 4.08.